The van der Waals surface area contributed by atoms with E-state index in [0.717, 1.165) is 41.9 Å². The van der Waals surface area contributed by atoms with E-state index in [1.54, 1.807) is 6.07 Å². The smallest absolute Gasteiger partial charge is 0.315 e. The van der Waals surface area contributed by atoms with E-state index in [1.165, 1.54) is 12.5 Å². The third-order valence-electron chi connectivity index (χ3n) is 3.28. The van der Waals surface area contributed by atoms with Gasteiger partial charge in [-0.1, -0.05) is 19.3 Å². The Balaban J connectivity index is 1.79. The van der Waals surface area contributed by atoms with Crippen LogP contribution in [0.3, 0.4) is 0 Å². The molecule has 1 saturated carbocycles. The fourth-order valence-electron chi connectivity index (χ4n) is 2.26. The second kappa shape index (κ2) is 6.55. The summed E-state index contributed by atoms with van der Waals surface area (Å²) in [5.74, 6) is 0. The molecule has 0 aliphatic heterocycles. The van der Waals surface area contributed by atoms with Crippen LogP contribution in [0.2, 0.25) is 0 Å². The fourth-order valence-corrected chi connectivity index (χ4v) is 3.98. The highest BCUT2D eigenvalue weighted by Crippen LogP contribution is 2.20. The summed E-state index contributed by atoms with van der Waals surface area (Å²) >= 11 is 1.07. The third kappa shape index (κ3) is 4.46. The molecule has 6 nitrogen and oxygen atoms in total. The molecule has 2 amide bonds. The number of nitrogens with two attached hydrogens (primary N) is 1. The zero-order valence-electron chi connectivity index (χ0n) is 11.1. The molecule has 2 rings (SSSR count). The molecule has 112 valence electrons. The first kappa shape index (κ1) is 15.3. The van der Waals surface area contributed by atoms with E-state index < -0.39 is 10.0 Å². The third-order valence-corrected chi connectivity index (χ3v) is 5.80. The van der Waals surface area contributed by atoms with Gasteiger partial charge >= 0.3 is 6.03 Å². The van der Waals surface area contributed by atoms with Crippen LogP contribution in [0.15, 0.2) is 16.3 Å². The van der Waals surface area contributed by atoms with Crippen molar-refractivity contribution in [1.82, 2.24) is 10.6 Å². The summed E-state index contributed by atoms with van der Waals surface area (Å²) in [6.07, 6.45) is 5.62. The molecule has 0 unspecified atom stereocenters. The van der Waals surface area contributed by atoms with Crippen LogP contribution in [0.25, 0.3) is 0 Å². The van der Waals surface area contributed by atoms with Gasteiger partial charge in [0.15, 0.2) is 0 Å². The van der Waals surface area contributed by atoms with Crippen molar-refractivity contribution in [2.45, 2.75) is 48.9 Å². The largest absolute Gasteiger partial charge is 0.335 e. The Morgan fingerprint density at radius 2 is 2.00 bits per heavy atom. The molecule has 0 radical (unpaired) electrons. The average Bonchev–Trinajstić information content (AvgIpc) is 2.86. The molecule has 4 N–H and O–H groups in total. The minimum Gasteiger partial charge on any atom is -0.335 e. The summed E-state index contributed by atoms with van der Waals surface area (Å²) < 4.78 is 22.4. The van der Waals surface area contributed by atoms with Crippen LogP contribution in [0.5, 0.6) is 0 Å². The summed E-state index contributed by atoms with van der Waals surface area (Å²) in [5.41, 5.74) is 0. The predicted molar refractivity (Wildman–Crippen MR) is 77.9 cm³/mol. The lowest BCUT2D eigenvalue weighted by Crippen LogP contribution is -2.42. The number of rotatable bonds is 4. The Morgan fingerprint density at radius 1 is 1.30 bits per heavy atom. The van der Waals surface area contributed by atoms with Gasteiger partial charge in [-0.25, -0.2) is 18.4 Å². The summed E-state index contributed by atoms with van der Waals surface area (Å²) in [5, 5.41) is 10.7. The Labute approximate surface area is 122 Å². The van der Waals surface area contributed by atoms with Crippen molar-refractivity contribution >= 4 is 27.4 Å². The highest BCUT2D eigenvalue weighted by Gasteiger charge is 2.16. The highest BCUT2D eigenvalue weighted by molar-refractivity contribution is 7.91. The van der Waals surface area contributed by atoms with Crippen molar-refractivity contribution in [3.8, 4) is 0 Å². The Hall–Kier alpha value is -1.12. The molecule has 1 aliphatic rings. The van der Waals surface area contributed by atoms with Crippen molar-refractivity contribution in [3.05, 3.63) is 17.0 Å². The maximum atomic E-state index is 11.7. The van der Waals surface area contributed by atoms with E-state index in [9.17, 15) is 13.2 Å². The number of carbonyl (C=O) groups excluding carboxylic acids is 1. The van der Waals surface area contributed by atoms with Gasteiger partial charge in [0, 0.05) is 10.9 Å². The van der Waals surface area contributed by atoms with Gasteiger partial charge < -0.3 is 10.6 Å². The van der Waals surface area contributed by atoms with Crippen molar-refractivity contribution in [2.24, 2.45) is 5.14 Å². The topological polar surface area (TPSA) is 101 Å². The first-order valence-corrected chi connectivity index (χ1v) is 8.97. The first-order valence-electron chi connectivity index (χ1n) is 6.61. The maximum absolute atomic E-state index is 11.7. The van der Waals surface area contributed by atoms with Crippen LogP contribution in [0.1, 0.15) is 37.0 Å². The molecule has 1 heterocycles. The number of hydrogen-bond donors (Lipinski definition) is 3. The zero-order chi connectivity index (χ0) is 14.6. The van der Waals surface area contributed by atoms with Crippen molar-refractivity contribution in [3.63, 3.8) is 0 Å². The lowest BCUT2D eigenvalue weighted by Gasteiger charge is -2.22. The van der Waals surface area contributed by atoms with E-state index in [0.29, 0.717) is 6.54 Å². The predicted octanol–water partition coefficient (Wildman–Crippen LogP) is 1.53. The van der Waals surface area contributed by atoms with Gasteiger partial charge in [0.25, 0.3) is 0 Å². The number of carbonyl (C=O) groups is 1. The van der Waals surface area contributed by atoms with Crippen molar-refractivity contribution < 1.29 is 13.2 Å². The van der Waals surface area contributed by atoms with Crippen molar-refractivity contribution in [1.29, 1.82) is 0 Å². The summed E-state index contributed by atoms with van der Waals surface area (Å²) in [4.78, 5) is 12.5. The summed E-state index contributed by atoms with van der Waals surface area (Å²) in [6, 6.07) is 3.16. The van der Waals surface area contributed by atoms with Crippen molar-refractivity contribution in [2.75, 3.05) is 0 Å². The number of primary sulfonamides is 1. The van der Waals surface area contributed by atoms with Gasteiger partial charge in [-0.05, 0) is 25.0 Å². The zero-order valence-corrected chi connectivity index (χ0v) is 12.7. The van der Waals surface area contributed by atoms with E-state index >= 15 is 0 Å². The van der Waals surface area contributed by atoms with Crippen LogP contribution in [-0.4, -0.2) is 20.5 Å². The van der Waals surface area contributed by atoms with Gasteiger partial charge in [0.2, 0.25) is 10.0 Å². The lowest BCUT2D eigenvalue weighted by molar-refractivity contribution is 0.232. The molecule has 1 aromatic rings. The Morgan fingerprint density at radius 3 is 2.60 bits per heavy atom. The number of amides is 2. The molecule has 0 bridgehead atoms. The van der Waals surface area contributed by atoms with E-state index in [-0.39, 0.29) is 16.3 Å². The molecule has 1 aliphatic carbocycles. The summed E-state index contributed by atoms with van der Waals surface area (Å²) in [6.45, 7) is 0.304. The van der Waals surface area contributed by atoms with Crippen LogP contribution < -0.4 is 15.8 Å². The summed E-state index contributed by atoms with van der Waals surface area (Å²) in [7, 11) is -3.65. The van der Waals surface area contributed by atoms with Crippen LogP contribution in [0.4, 0.5) is 4.79 Å². The van der Waals surface area contributed by atoms with E-state index in [2.05, 4.69) is 10.6 Å². The maximum Gasteiger partial charge on any atom is 0.315 e. The second-order valence-electron chi connectivity index (χ2n) is 4.93. The monoisotopic (exact) mass is 317 g/mol. The van der Waals surface area contributed by atoms with Gasteiger partial charge in [-0.2, -0.15) is 0 Å². The quantitative estimate of drug-likeness (QED) is 0.785. The standard InChI is InChI=1S/C12H19N3O3S2/c13-20(17,18)11-7-6-10(19-11)8-14-12(16)15-9-4-2-1-3-5-9/h6-7,9H,1-5,8H2,(H2,13,17,18)(H2,14,15,16). The highest BCUT2D eigenvalue weighted by atomic mass is 32.2. The molecule has 0 atom stereocenters. The number of nitrogens with one attached hydrogen (secondary N) is 2. The van der Waals surface area contributed by atoms with E-state index in [4.69, 9.17) is 5.14 Å². The SMILES string of the molecule is NS(=O)(=O)c1ccc(CNC(=O)NC2CCCCC2)s1. The lowest BCUT2D eigenvalue weighted by atomic mass is 9.96. The van der Waals surface area contributed by atoms with Crippen LogP contribution in [-0.2, 0) is 16.6 Å². The van der Waals surface area contributed by atoms with Gasteiger partial charge in [0.05, 0.1) is 6.54 Å². The fraction of sp³-hybridized carbons (Fsp3) is 0.583. The number of urea groups is 1. The minimum atomic E-state index is -3.65. The number of sulfonamides is 1. The van der Waals surface area contributed by atoms with E-state index in [1.807, 2.05) is 0 Å². The molecule has 0 saturated heterocycles. The van der Waals surface area contributed by atoms with Crippen LogP contribution >= 0.6 is 11.3 Å². The minimum absolute atomic E-state index is 0.113. The number of hydrogen-bond acceptors (Lipinski definition) is 4. The Kier molecular flexibility index (Phi) is 5.00. The number of thiophene rings is 1. The molecule has 1 fully saturated rings. The second-order valence-corrected chi connectivity index (χ2v) is 7.88. The molecule has 8 heteroatoms. The average molecular weight is 317 g/mol. The Bertz CT molecular complexity index is 562. The molecule has 0 spiro atoms. The molecular formula is C12H19N3O3S2. The molecular weight excluding hydrogens is 298 g/mol. The molecule has 20 heavy (non-hydrogen) atoms. The molecule has 0 aromatic carbocycles. The van der Waals surface area contributed by atoms with Gasteiger partial charge in [-0.15, -0.1) is 11.3 Å². The van der Waals surface area contributed by atoms with Crippen LogP contribution in [0, 0.1) is 0 Å². The van der Waals surface area contributed by atoms with Gasteiger partial charge in [0.1, 0.15) is 4.21 Å². The molecule has 1 aromatic heterocycles. The van der Waals surface area contributed by atoms with Gasteiger partial charge in [-0.3, -0.25) is 0 Å². The normalized spacial score (nSPS) is 16.9. The first-order chi connectivity index (χ1) is 9.45.